The van der Waals surface area contributed by atoms with Gasteiger partial charge in [0, 0.05) is 12.8 Å². The molecule has 7 heteroatoms. The van der Waals surface area contributed by atoms with Gasteiger partial charge in [-0.05, 0) is 45.4 Å². The molecule has 2 amide bonds. The summed E-state index contributed by atoms with van der Waals surface area (Å²) < 4.78 is 4.87. The minimum absolute atomic E-state index is 0.0409. The molecule has 0 saturated heterocycles. The lowest BCUT2D eigenvalue weighted by Crippen LogP contribution is -2.50. The van der Waals surface area contributed by atoms with E-state index in [9.17, 15) is 19.2 Å². The van der Waals surface area contributed by atoms with Gasteiger partial charge in [-0.25, -0.2) is 4.79 Å². The van der Waals surface area contributed by atoms with Gasteiger partial charge < -0.3 is 9.84 Å². The molecule has 0 bridgehead atoms. The molecule has 0 aromatic rings. The van der Waals surface area contributed by atoms with Crippen molar-refractivity contribution in [3.8, 4) is 0 Å². The fraction of sp³-hybridized carbons (Fsp3) is 0.524. The maximum absolute atomic E-state index is 12.7. The minimum atomic E-state index is -1.49. The van der Waals surface area contributed by atoms with Crippen LogP contribution in [0.1, 0.15) is 64.7 Å². The number of carbonyl (C=O) groups excluding carboxylic acids is 3. The second-order valence-corrected chi connectivity index (χ2v) is 6.25. The molecule has 0 aromatic heterocycles. The lowest BCUT2D eigenvalue weighted by molar-refractivity contribution is -0.161. The van der Waals surface area contributed by atoms with Gasteiger partial charge in [-0.1, -0.05) is 18.2 Å². The summed E-state index contributed by atoms with van der Waals surface area (Å²) in [5, 5.41) is 9.17. The first kappa shape index (κ1) is 25.3. The molecule has 0 aliphatic rings. The fourth-order valence-electron chi connectivity index (χ4n) is 2.52. The average molecular weight is 393 g/mol. The molecule has 0 aliphatic heterocycles. The van der Waals surface area contributed by atoms with E-state index >= 15 is 0 Å². The van der Waals surface area contributed by atoms with E-state index in [0.29, 0.717) is 25.7 Å². The van der Waals surface area contributed by atoms with Crippen molar-refractivity contribution in [3.63, 3.8) is 0 Å². The number of nitrogens with zero attached hydrogens (tertiary/aromatic N) is 1. The number of carboxylic acids is 1. The molecule has 156 valence electrons. The number of hydrogen-bond acceptors (Lipinski definition) is 5. The van der Waals surface area contributed by atoms with E-state index in [1.54, 1.807) is 19.1 Å². The van der Waals surface area contributed by atoms with Crippen LogP contribution in [0.4, 0.5) is 0 Å². The van der Waals surface area contributed by atoms with Crippen LogP contribution in [-0.4, -0.2) is 39.8 Å². The summed E-state index contributed by atoms with van der Waals surface area (Å²) in [5.74, 6) is -3.38. The standard InChI is InChI=1S/C21H31NO6/c1-4-7-9-11-13-18(23)22(19(24)14-12-10-8-5-2)17(16-20(25)26)21(27)28-15-6-3/h4-6,15,17H,1-2,7-14,16H2,3H3,(H,25,26)/b15-6+. The number of imide groups is 1. The predicted molar refractivity (Wildman–Crippen MR) is 106 cm³/mol. The van der Waals surface area contributed by atoms with Crippen molar-refractivity contribution in [2.75, 3.05) is 0 Å². The van der Waals surface area contributed by atoms with E-state index in [2.05, 4.69) is 13.2 Å². The molecule has 0 spiro atoms. The third-order valence-electron chi connectivity index (χ3n) is 3.91. The molecule has 7 nitrogen and oxygen atoms in total. The van der Waals surface area contributed by atoms with Crippen molar-refractivity contribution in [2.24, 2.45) is 0 Å². The predicted octanol–water partition coefficient (Wildman–Crippen LogP) is 3.75. The zero-order valence-electron chi connectivity index (χ0n) is 16.6. The maximum Gasteiger partial charge on any atom is 0.334 e. The van der Waals surface area contributed by atoms with Crippen LogP contribution in [0.5, 0.6) is 0 Å². The molecule has 0 saturated carbocycles. The highest BCUT2D eigenvalue weighted by molar-refractivity contribution is 6.00. The van der Waals surface area contributed by atoms with Crippen LogP contribution < -0.4 is 0 Å². The van der Waals surface area contributed by atoms with E-state index in [0.717, 1.165) is 24.0 Å². The van der Waals surface area contributed by atoms with Crippen molar-refractivity contribution in [2.45, 2.75) is 70.8 Å². The van der Waals surface area contributed by atoms with Gasteiger partial charge >= 0.3 is 11.9 Å². The highest BCUT2D eigenvalue weighted by Crippen LogP contribution is 2.16. The van der Waals surface area contributed by atoms with Crippen molar-refractivity contribution in [1.82, 2.24) is 4.90 Å². The van der Waals surface area contributed by atoms with Crippen molar-refractivity contribution < 1.29 is 29.0 Å². The second-order valence-electron chi connectivity index (χ2n) is 6.25. The number of hydrogen-bond donors (Lipinski definition) is 1. The van der Waals surface area contributed by atoms with Gasteiger partial charge in [0.25, 0.3) is 0 Å². The van der Waals surface area contributed by atoms with E-state index in [1.807, 2.05) is 0 Å². The number of ether oxygens (including phenoxy) is 1. The first-order valence-electron chi connectivity index (χ1n) is 9.49. The Morgan fingerprint density at radius 2 is 1.46 bits per heavy atom. The van der Waals surface area contributed by atoms with Gasteiger partial charge in [0.15, 0.2) is 0 Å². The first-order valence-corrected chi connectivity index (χ1v) is 9.49. The third kappa shape index (κ3) is 10.4. The molecule has 0 fully saturated rings. The van der Waals surface area contributed by atoms with Crippen LogP contribution in [0.2, 0.25) is 0 Å². The SMILES string of the molecule is C=CCCCCC(=O)N(C(=O)CCCCC=C)C(CC(=O)O)C(=O)O/C=C/C. The molecule has 1 N–H and O–H groups in total. The zero-order valence-corrected chi connectivity index (χ0v) is 16.6. The zero-order chi connectivity index (χ0) is 21.4. The van der Waals surface area contributed by atoms with Gasteiger partial charge in [-0.3, -0.25) is 19.3 Å². The van der Waals surface area contributed by atoms with E-state index in [4.69, 9.17) is 9.84 Å². The molecular weight excluding hydrogens is 362 g/mol. The van der Waals surface area contributed by atoms with E-state index in [-0.39, 0.29) is 12.8 Å². The fourth-order valence-corrected chi connectivity index (χ4v) is 2.52. The second kappa shape index (κ2) is 15.4. The monoisotopic (exact) mass is 393 g/mol. The third-order valence-corrected chi connectivity index (χ3v) is 3.91. The van der Waals surface area contributed by atoms with Gasteiger partial charge in [-0.2, -0.15) is 0 Å². The Balaban J connectivity index is 5.43. The molecule has 1 unspecified atom stereocenters. The van der Waals surface area contributed by atoms with Crippen molar-refractivity contribution in [1.29, 1.82) is 0 Å². The number of unbranched alkanes of at least 4 members (excludes halogenated alkanes) is 4. The molecule has 1 atom stereocenters. The van der Waals surface area contributed by atoms with Crippen molar-refractivity contribution >= 4 is 23.8 Å². The Morgan fingerprint density at radius 3 is 1.86 bits per heavy atom. The highest BCUT2D eigenvalue weighted by atomic mass is 16.5. The largest absolute Gasteiger partial charge is 0.481 e. The number of aliphatic carboxylic acids is 1. The van der Waals surface area contributed by atoms with Gasteiger partial charge in [0.2, 0.25) is 11.8 Å². The van der Waals surface area contributed by atoms with Crippen molar-refractivity contribution in [3.05, 3.63) is 37.6 Å². The Labute approximate surface area is 166 Å². The lowest BCUT2D eigenvalue weighted by atomic mass is 10.1. The summed E-state index contributed by atoms with van der Waals surface area (Å²) in [6, 6.07) is -1.49. The summed E-state index contributed by atoms with van der Waals surface area (Å²) >= 11 is 0. The topological polar surface area (TPSA) is 101 Å². The lowest BCUT2D eigenvalue weighted by Gasteiger charge is -2.27. The smallest absolute Gasteiger partial charge is 0.334 e. The normalized spacial score (nSPS) is 11.6. The number of rotatable bonds is 15. The number of allylic oxidation sites excluding steroid dienone is 3. The van der Waals surface area contributed by atoms with Crippen LogP contribution in [0.15, 0.2) is 37.6 Å². The van der Waals surface area contributed by atoms with Crippen LogP contribution in [0.25, 0.3) is 0 Å². The highest BCUT2D eigenvalue weighted by Gasteiger charge is 2.36. The number of carboxylic acid groups (broad SMARTS) is 1. The summed E-state index contributed by atoms with van der Waals surface area (Å²) in [6.45, 7) is 8.84. The van der Waals surface area contributed by atoms with Gasteiger partial charge in [0.1, 0.15) is 6.04 Å². The number of carbonyl (C=O) groups is 4. The first-order chi connectivity index (χ1) is 13.4. The summed E-state index contributed by atoms with van der Waals surface area (Å²) in [6.07, 6.45) is 9.28. The Bertz CT molecular complexity index is 553. The minimum Gasteiger partial charge on any atom is -0.481 e. The summed E-state index contributed by atoms with van der Waals surface area (Å²) in [5.41, 5.74) is 0. The van der Waals surface area contributed by atoms with Crippen LogP contribution in [-0.2, 0) is 23.9 Å². The van der Waals surface area contributed by atoms with E-state index < -0.39 is 36.2 Å². The quantitative estimate of drug-likeness (QED) is 0.197. The average Bonchev–Trinajstić information content (AvgIpc) is 2.65. The molecule has 0 rings (SSSR count). The molecule has 0 aliphatic carbocycles. The van der Waals surface area contributed by atoms with Gasteiger partial charge in [0.05, 0.1) is 12.7 Å². The molecular formula is C21H31NO6. The molecule has 28 heavy (non-hydrogen) atoms. The summed E-state index contributed by atoms with van der Waals surface area (Å²) in [4.78, 5) is 49.7. The molecule has 0 radical (unpaired) electrons. The van der Waals surface area contributed by atoms with Crippen LogP contribution in [0.3, 0.4) is 0 Å². The van der Waals surface area contributed by atoms with E-state index in [1.165, 1.54) is 6.08 Å². The Kier molecular flexibility index (Phi) is 13.9. The van der Waals surface area contributed by atoms with Gasteiger partial charge in [-0.15, -0.1) is 13.2 Å². The van der Waals surface area contributed by atoms with Crippen LogP contribution >= 0.6 is 0 Å². The molecule has 0 heterocycles. The summed E-state index contributed by atoms with van der Waals surface area (Å²) in [7, 11) is 0. The molecule has 0 aromatic carbocycles. The number of amides is 2. The maximum atomic E-state index is 12.7. The number of esters is 1. The Hall–Kier alpha value is -2.70. The van der Waals surface area contributed by atoms with Crippen LogP contribution in [0, 0.1) is 0 Å². The Morgan fingerprint density at radius 1 is 0.964 bits per heavy atom.